The molecule has 4 heteroatoms. The number of nitrogens with zero attached hydrogens (tertiary/aromatic N) is 4. The van der Waals surface area contributed by atoms with Gasteiger partial charge in [-0.2, -0.15) is 0 Å². The van der Waals surface area contributed by atoms with E-state index in [1.54, 1.807) is 0 Å². The van der Waals surface area contributed by atoms with Crippen LogP contribution in [0.4, 0.5) is 17.1 Å². The van der Waals surface area contributed by atoms with Gasteiger partial charge >= 0.3 is 0 Å². The number of benzene rings is 9. The topological polar surface area (TPSA) is 34.0 Å². The van der Waals surface area contributed by atoms with E-state index in [2.05, 4.69) is 259 Å². The average molecular weight is 895 g/mol. The Bertz CT molecular complexity index is 3890. The molecule has 2 aromatic heterocycles. The highest BCUT2D eigenvalue weighted by molar-refractivity contribution is 6.11. The lowest BCUT2D eigenvalue weighted by molar-refractivity contribution is 0.746. The summed E-state index contributed by atoms with van der Waals surface area (Å²) in [5.74, 6) is 1.14. The largest absolute Gasteiger partial charge is 0.310 e. The Morgan fingerprint density at radius 3 is 1.83 bits per heavy atom. The summed E-state index contributed by atoms with van der Waals surface area (Å²) in [6.07, 6.45) is 7.61. The Morgan fingerprint density at radius 1 is 0.457 bits per heavy atom. The molecule has 11 aromatic rings. The molecule has 0 radical (unpaired) electrons. The van der Waals surface area contributed by atoms with Crippen LogP contribution in [-0.4, -0.2) is 14.5 Å². The molecule has 0 bridgehead atoms. The number of hydrogen-bond acceptors (Lipinski definition) is 3. The molecule has 0 fully saturated rings. The highest BCUT2D eigenvalue weighted by Gasteiger charge is 2.52. The molecule has 2 aliphatic carbocycles. The predicted octanol–water partition coefficient (Wildman–Crippen LogP) is 16.7. The molecule has 330 valence electrons. The van der Waals surface area contributed by atoms with Crippen molar-refractivity contribution >= 4 is 44.4 Å². The monoisotopic (exact) mass is 894 g/mol. The van der Waals surface area contributed by atoms with Crippen LogP contribution in [0.5, 0.6) is 0 Å². The van der Waals surface area contributed by atoms with E-state index in [9.17, 15) is 0 Å². The zero-order valence-corrected chi connectivity index (χ0v) is 38.7. The van der Waals surface area contributed by atoms with Gasteiger partial charge in [0, 0.05) is 33.3 Å². The van der Waals surface area contributed by atoms with Crippen molar-refractivity contribution in [3.63, 3.8) is 0 Å². The van der Waals surface area contributed by atoms with Crippen molar-refractivity contribution in [2.45, 2.75) is 18.8 Å². The van der Waals surface area contributed by atoms with Crippen LogP contribution in [0.25, 0.3) is 78.0 Å². The fourth-order valence-electron chi connectivity index (χ4n) is 12.0. The van der Waals surface area contributed by atoms with Crippen molar-refractivity contribution in [2.24, 2.45) is 5.92 Å². The van der Waals surface area contributed by atoms with Crippen LogP contribution >= 0.6 is 0 Å². The van der Waals surface area contributed by atoms with Crippen LogP contribution in [0.3, 0.4) is 0 Å². The van der Waals surface area contributed by atoms with E-state index >= 15 is 0 Å². The third-order valence-electron chi connectivity index (χ3n) is 14.9. The smallest absolute Gasteiger partial charge is 0.160 e. The average Bonchev–Trinajstić information content (AvgIpc) is 3.92. The van der Waals surface area contributed by atoms with Gasteiger partial charge in [-0.3, -0.25) is 0 Å². The lowest BCUT2D eigenvalue weighted by Crippen LogP contribution is -2.36. The maximum atomic E-state index is 5.52. The highest BCUT2D eigenvalue weighted by Crippen LogP contribution is 2.65. The molecular weight excluding hydrogens is 849 g/mol. The summed E-state index contributed by atoms with van der Waals surface area (Å²) in [5.41, 5.74) is 21.3. The first-order valence-corrected chi connectivity index (χ1v) is 24.4. The minimum atomic E-state index is -0.644. The Balaban J connectivity index is 1.05. The van der Waals surface area contributed by atoms with E-state index in [4.69, 9.17) is 9.97 Å². The summed E-state index contributed by atoms with van der Waals surface area (Å²) in [7, 11) is 0. The molecule has 0 saturated carbocycles. The molecule has 1 unspecified atom stereocenters. The van der Waals surface area contributed by atoms with Crippen molar-refractivity contribution in [3.8, 4) is 50.6 Å². The first-order valence-electron chi connectivity index (χ1n) is 24.4. The van der Waals surface area contributed by atoms with E-state index in [0.29, 0.717) is 5.92 Å². The molecule has 3 heterocycles. The molecular formula is C66H46N4. The molecule has 14 rings (SSSR count). The summed E-state index contributed by atoms with van der Waals surface area (Å²) in [4.78, 5) is 13.3. The Kier molecular flexibility index (Phi) is 9.12. The lowest BCUT2D eigenvalue weighted by atomic mass is 9.64. The molecule has 1 aliphatic heterocycles. The van der Waals surface area contributed by atoms with E-state index in [1.165, 1.54) is 83.3 Å². The van der Waals surface area contributed by atoms with Gasteiger partial charge in [0.1, 0.15) is 0 Å². The zero-order valence-electron chi connectivity index (χ0n) is 38.7. The van der Waals surface area contributed by atoms with Crippen LogP contribution in [0.1, 0.15) is 41.3 Å². The van der Waals surface area contributed by atoms with Crippen LogP contribution in [0.2, 0.25) is 0 Å². The lowest BCUT2D eigenvalue weighted by Gasteiger charge is -2.45. The van der Waals surface area contributed by atoms with Gasteiger partial charge < -0.3 is 9.47 Å². The van der Waals surface area contributed by atoms with Gasteiger partial charge in [-0.25, -0.2) is 9.97 Å². The molecule has 3 aliphatic rings. The highest BCUT2D eigenvalue weighted by atomic mass is 15.2. The second-order valence-electron chi connectivity index (χ2n) is 19.0. The second kappa shape index (κ2) is 15.9. The summed E-state index contributed by atoms with van der Waals surface area (Å²) in [6.45, 7) is 2.28. The first kappa shape index (κ1) is 40.2. The van der Waals surface area contributed by atoms with E-state index in [1.807, 2.05) is 0 Å². The van der Waals surface area contributed by atoms with Gasteiger partial charge in [-0.1, -0.05) is 183 Å². The first-order chi connectivity index (χ1) is 34.6. The number of fused-ring (bicyclic) bond motifs is 12. The molecule has 1 spiro atoms. The third-order valence-corrected chi connectivity index (χ3v) is 14.9. The molecule has 0 N–H and O–H groups in total. The van der Waals surface area contributed by atoms with Crippen LogP contribution in [0, 0.1) is 5.92 Å². The van der Waals surface area contributed by atoms with Gasteiger partial charge in [0.05, 0.1) is 39.2 Å². The second-order valence-corrected chi connectivity index (χ2v) is 19.0. The van der Waals surface area contributed by atoms with E-state index < -0.39 is 5.41 Å². The van der Waals surface area contributed by atoms with Crippen LogP contribution < -0.4 is 4.90 Å². The van der Waals surface area contributed by atoms with Crippen molar-refractivity contribution in [3.05, 3.63) is 271 Å². The van der Waals surface area contributed by atoms with Crippen LogP contribution in [-0.2, 0) is 5.41 Å². The Hall–Kier alpha value is -8.86. The normalized spacial score (nSPS) is 15.1. The Morgan fingerprint density at radius 2 is 1.07 bits per heavy atom. The van der Waals surface area contributed by atoms with Crippen LogP contribution in [0.15, 0.2) is 243 Å². The summed E-state index contributed by atoms with van der Waals surface area (Å²) >= 11 is 0. The van der Waals surface area contributed by atoms with Gasteiger partial charge in [-0.05, 0) is 129 Å². The van der Waals surface area contributed by atoms with E-state index in [-0.39, 0.29) is 0 Å². The summed E-state index contributed by atoms with van der Waals surface area (Å²) < 4.78 is 2.39. The number of allylic oxidation sites excluding steroid dienone is 4. The molecule has 0 saturated heterocycles. The van der Waals surface area contributed by atoms with Crippen molar-refractivity contribution < 1.29 is 0 Å². The summed E-state index contributed by atoms with van der Waals surface area (Å²) in [6, 6.07) is 82.3. The predicted molar refractivity (Wildman–Crippen MR) is 289 cm³/mol. The number of rotatable bonds is 6. The standard InChI is InChI=1S/C66H46N4/c1-43-19-17-22-47(39-43)58-42-59(68-65(67-58)44-20-5-2-6-21-44)51-28-18-31-57-64(51)53-41-45(46-36-38-61-52(40-46)50-27-11-14-32-60(50)69(61)48-23-7-3-8-24-48)35-37-54(53)66(57)55-29-12-15-33-62(55)70(49-25-9-4-10-26-49)63-34-16-13-30-56(63)66/h2-38,40-43H,39H2,1H3. The molecule has 1 atom stereocenters. The van der Waals surface area contributed by atoms with Gasteiger partial charge in [0.25, 0.3) is 0 Å². The van der Waals surface area contributed by atoms with Crippen molar-refractivity contribution in [1.82, 2.24) is 14.5 Å². The van der Waals surface area contributed by atoms with Gasteiger partial charge in [0.15, 0.2) is 5.82 Å². The maximum absolute atomic E-state index is 5.52. The summed E-state index contributed by atoms with van der Waals surface area (Å²) in [5, 5.41) is 2.47. The molecule has 9 aromatic carbocycles. The number of aromatic nitrogens is 3. The quantitative estimate of drug-likeness (QED) is 0.167. The van der Waals surface area contributed by atoms with Gasteiger partial charge in [0.2, 0.25) is 0 Å². The number of anilines is 3. The minimum Gasteiger partial charge on any atom is -0.310 e. The molecule has 0 amide bonds. The third kappa shape index (κ3) is 6.03. The zero-order chi connectivity index (χ0) is 46.3. The van der Waals surface area contributed by atoms with Crippen molar-refractivity contribution in [2.75, 3.05) is 4.90 Å². The maximum Gasteiger partial charge on any atom is 0.160 e. The SMILES string of the molecule is CC1C=CC=C(c2cc(-c3cccc4c3-c3cc(-c5ccc6c(c5)c5ccccc5n6-c5ccccc5)ccc3C43c4ccccc4N(c4ccccc4)c4ccccc43)nc(-c3ccccc3)n2)C1. The van der Waals surface area contributed by atoms with Crippen molar-refractivity contribution in [1.29, 1.82) is 0 Å². The number of para-hydroxylation sites is 5. The fraction of sp³-hybridized carbons (Fsp3) is 0.0606. The fourth-order valence-corrected chi connectivity index (χ4v) is 12.0. The van der Waals surface area contributed by atoms with Gasteiger partial charge in [-0.15, -0.1) is 0 Å². The van der Waals surface area contributed by atoms with E-state index in [0.717, 1.165) is 46.1 Å². The molecule has 70 heavy (non-hydrogen) atoms. The number of hydrogen-bond donors (Lipinski definition) is 0. The minimum absolute atomic E-state index is 0.417. The molecule has 4 nitrogen and oxygen atoms in total. The Labute approximate surface area is 407 Å².